The molecule has 3 rings (SSSR count). The molecule has 0 unspecified atom stereocenters. The molecule has 0 aliphatic heterocycles. The van der Waals surface area contributed by atoms with Crippen LogP contribution in [0.25, 0.3) is 10.9 Å². The number of nitrogens with two attached hydrogens (primary N) is 1. The molecule has 0 saturated heterocycles. The van der Waals surface area contributed by atoms with E-state index >= 15 is 0 Å². The molecule has 0 aliphatic rings. The number of nitrogen functional groups attached to an aromatic ring is 1. The summed E-state index contributed by atoms with van der Waals surface area (Å²) in [5.41, 5.74) is 7.84. The summed E-state index contributed by atoms with van der Waals surface area (Å²) < 4.78 is 5.84. The van der Waals surface area contributed by atoms with Gasteiger partial charge in [-0.25, -0.2) is 0 Å². The zero-order valence-electron chi connectivity index (χ0n) is 10.6. The molecule has 1 aromatic heterocycles. The second-order valence-electron chi connectivity index (χ2n) is 4.29. The highest BCUT2D eigenvalue weighted by molar-refractivity contribution is 5.93. The summed E-state index contributed by atoms with van der Waals surface area (Å²) in [7, 11) is 0. The Labute approximate surface area is 116 Å². The lowest BCUT2D eigenvalue weighted by atomic mass is 10.1. The Hall–Kier alpha value is -3.06. The largest absolute Gasteiger partial charge is 0.457 e. The van der Waals surface area contributed by atoms with Crippen LogP contribution >= 0.6 is 0 Å². The molecule has 0 fully saturated rings. The Kier molecular flexibility index (Phi) is 2.94. The van der Waals surface area contributed by atoms with Crippen LogP contribution < -0.4 is 10.5 Å². The van der Waals surface area contributed by atoms with Crippen molar-refractivity contribution in [2.45, 2.75) is 0 Å². The summed E-state index contributed by atoms with van der Waals surface area (Å²) in [6.07, 6.45) is 1.70. The quantitative estimate of drug-likeness (QED) is 0.717. The van der Waals surface area contributed by atoms with Gasteiger partial charge in [0.05, 0.1) is 22.8 Å². The van der Waals surface area contributed by atoms with Crippen molar-refractivity contribution in [1.29, 1.82) is 5.26 Å². The number of hydrogen-bond acceptors (Lipinski definition) is 4. The molecule has 96 valence electrons. The van der Waals surface area contributed by atoms with E-state index in [0.29, 0.717) is 22.7 Å². The van der Waals surface area contributed by atoms with Crippen molar-refractivity contribution in [3.05, 3.63) is 60.3 Å². The van der Waals surface area contributed by atoms with E-state index in [2.05, 4.69) is 11.1 Å². The maximum Gasteiger partial charge on any atom is 0.136 e. The summed E-state index contributed by atoms with van der Waals surface area (Å²) >= 11 is 0. The van der Waals surface area contributed by atoms with E-state index in [0.717, 1.165) is 10.9 Å². The molecule has 0 amide bonds. The van der Waals surface area contributed by atoms with Crippen LogP contribution in [0.2, 0.25) is 0 Å². The van der Waals surface area contributed by atoms with Gasteiger partial charge in [-0.2, -0.15) is 5.26 Å². The molecule has 1 heterocycles. The highest BCUT2D eigenvalue weighted by Crippen LogP contribution is 2.31. The van der Waals surface area contributed by atoms with E-state index in [1.807, 2.05) is 18.2 Å². The minimum absolute atomic E-state index is 0.598. The minimum atomic E-state index is 0.598. The fourth-order valence-electron chi connectivity index (χ4n) is 1.98. The Morgan fingerprint density at radius 3 is 2.60 bits per heavy atom. The molecule has 0 atom stereocenters. The van der Waals surface area contributed by atoms with Crippen LogP contribution in [0, 0.1) is 11.3 Å². The van der Waals surface area contributed by atoms with Gasteiger partial charge in [-0.1, -0.05) is 0 Å². The van der Waals surface area contributed by atoms with Crippen LogP contribution in [0.4, 0.5) is 5.69 Å². The fourth-order valence-corrected chi connectivity index (χ4v) is 1.98. The Bertz CT molecular complexity index is 804. The van der Waals surface area contributed by atoms with Crippen molar-refractivity contribution in [2.24, 2.45) is 0 Å². The highest BCUT2D eigenvalue weighted by atomic mass is 16.5. The first kappa shape index (κ1) is 12.0. The average Bonchev–Trinajstić information content (AvgIpc) is 2.51. The monoisotopic (exact) mass is 261 g/mol. The van der Waals surface area contributed by atoms with E-state index in [-0.39, 0.29) is 0 Å². The van der Waals surface area contributed by atoms with Gasteiger partial charge in [0, 0.05) is 11.6 Å². The average molecular weight is 261 g/mol. The summed E-state index contributed by atoms with van der Waals surface area (Å²) in [5, 5.41) is 9.64. The minimum Gasteiger partial charge on any atom is -0.457 e. The number of benzene rings is 2. The predicted octanol–water partition coefficient (Wildman–Crippen LogP) is 3.48. The van der Waals surface area contributed by atoms with Gasteiger partial charge in [-0.15, -0.1) is 0 Å². The molecule has 2 N–H and O–H groups in total. The van der Waals surface area contributed by atoms with E-state index in [9.17, 15) is 0 Å². The molecule has 0 saturated carbocycles. The Morgan fingerprint density at radius 1 is 1.05 bits per heavy atom. The topological polar surface area (TPSA) is 71.9 Å². The SMILES string of the molecule is N#Cc1ccc(Oc2ccc(N)c3ncccc23)cc1. The zero-order chi connectivity index (χ0) is 13.9. The van der Waals surface area contributed by atoms with Gasteiger partial charge < -0.3 is 10.5 Å². The lowest BCUT2D eigenvalue weighted by Crippen LogP contribution is -1.92. The Balaban J connectivity index is 2.02. The number of pyridine rings is 1. The van der Waals surface area contributed by atoms with Crippen LogP contribution in [-0.2, 0) is 0 Å². The second-order valence-corrected chi connectivity index (χ2v) is 4.29. The lowest BCUT2D eigenvalue weighted by Gasteiger charge is -2.09. The number of nitriles is 1. The fraction of sp³-hybridized carbons (Fsp3) is 0. The first-order valence-electron chi connectivity index (χ1n) is 6.09. The molecule has 20 heavy (non-hydrogen) atoms. The van der Waals surface area contributed by atoms with Gasteiger partial charge in [-0.3, -0.25) is 4.98 Å². The molecule has 0 spiro atoms. The molecule has 3 aromatic rings. The third kappa shape index (κ3) is 2.13. The maximum absolute atomic E-state index is 8.78. The smallest absolute Gasteiger partial charge is 0.136 e. The molecular weight excluding hydrogens is 250 g/mol. The van der Waals surface area contributed by atoms with Crippen molar-refractivity contribution >= 4 is 16.6 Å². The molecule has 0 radical (unpaired) electrons. The van der Waals surface area contributed by atoms with Gasteiger partial charge in [0.2, 0.25) is 0 Å². The van der Waals surface area contributed by atoms with E-state index < -0.39 is 0 Å². The van der Waals surface area contributed by atoms with Crippen molar-refractivity contribution in [1.82, 2.24) is 4.98 Å². The summed E-state index contributed by atoms with van der Waals surface area (Å²) in [4.78, 5) is 4.26. The second kappa shape index (κ2) is 4.90. The zero-order valence-corrected chi connectivity index (χ0v) is 10.6. The van der Waals surface area contributed by atoms with Gasteiger partial charge in [0.1, 0.15) is 11.5 Å². The number of ether oxygens (including phenoxy) is 1. The van der Waals surface area contributed by atoms with Gasteiger partial charge in [0.15, 0.2) is 0 Å². The van der Waals surface area contributed by atoms with Gasteiger partial charge in [-0.05, 0) is 48.5 Å². The normalized spacial score (nSPS) is 10.2. The Morgan fingerprint density at radius 2 is 1.85 bits per heavy atom. The summed E-state index contributed by atoms with van der Waals surface area (Å²) in [6, 6.07) is 16.4. The van der Waals surface area contributed by atoms with Crippen molar-refractivity contribution in [3.63, 3.8) is 0 Å². The maximum atomic E-state index is 8.78. The third-order valence-corrected chi connectivity index (χ3v) is 2.97. The van der Waals surface area contributed by atoms with Crippen LogP contribution in [0.3, 0.4) is 0 Å². The number of nitrogens with zero attached hydrogens (tertiary/aromatic N) is 2. The number of fused-ring (bicyclic) bond motifs is 1. The molecule has 4 nitrogen and oxygen atoms in total. The standard InChI is InChI=1S/C16H11N3O/c17-10-11-3-5-12(6-4-11)20-15-8-7-14(18)16-13(15)2-1-9-19-16/h1-9H,18H2. The number of hydrogen-bond donors (Lipinski definition) is 1. The number of anilines is 1. The van der Waals surface area contributed by atoms with Gasteiger partial charge >= 0.3 is 0 Å². The predicted molar refractivity (Wildman–Crippen MR) is 77.4 cm³/mol. The van der Waals surface area contributed by atoms with Crippen LogP contribution in [0.1, 0.15) is 5.56 Å². The van der Waals surface area contributed by atoms with Crippen molar-refractivity contribution < 1.29 is 4.74 Å². The molecule has 0 aliphatic carbocycles. The van der Waals surface area contributed by atoms with E-state index in [4.69, 9.17) is 15.7 Å². The molecule has 0 bridgehead atoms. The highest BCUT2D eigenvalue weighted by Gasteiger charge is 2.06. The third-order valence-electron chi connectivity index (χ3n) is 2.97. The lowest BCUT2D eigenvalue weighted by molar-refractivity contribution is 0.488. The molecule has 4 heteroatoms. The van der Waals surface area contributed by atoms with E-state index in [1.54, 1.807) is 36.5 Å². The summed E-state index contributed by atoms with van der Waals surface area (Å²) in [5.74, 6) is 1.35. The van der Waals surface area contributed by atoms with Crippen LogP contribution in [-0.4, -0.2) is 4.98 Å². The van der Waals surface area contributed by atoms with Crippen LogP contribution in [0.15, 0.2) is 54.7 Å². The van der Waals surface area contributed by atoms with Crippen molar-refractivity contribution in [2.75, 3.05) is 5.73 Å². The van der Waals surface area contributed by atoms with Crippen LogP contribution in [0.5, 0.6) is 11.5 Å². The number of aromatic nitrogens is 1. The van der Waals surface area contributed by atoms with E-state index in [1.165, 1.54) is 0 Å². The first-order chi connectivity index (χ1) is 9.78. The number of rotatable bonds is 2. The van der Waals surface area contributed by atoms with Crippen molar-refractivity contribution in [3.8, 4) is 17.6 Å². The molecular formula is C16H11N3O. The van der Waals surface area contributed by atoms with Gasteiger partial charge in [0.25, 0.3) is 0 Å². The molecule has 2 aromatic carbocycles. The first-order valence-corrected chi connectivity index (χ1v) is 6.09. The summed E-state index contributed by atoms with van der Waals surface area (Å²) in [6.45, 7) is 0.